The highest BCUT2D eigenvalue weighted by Gasteiger charge is 2.29. The van der Waals surface area contributed by atoms with Gasteiger partial charge in [0.2, 0.25) is 0 Å². The summed E-state index contributed by atoms with van der Waals surface area (Å²) in [6.45, 7) is 1.97. The topological polar surface area (TPSA) is 41.9 Å². The first-order valence-corrected chi connectivity index (χ1v) is 6.97. The van der Waals surface area contributed by atoms with E-state index < -0.39 is 9.22 Å². The molecule has 1 amide bonds. The maximum Gasteiger partial charge on any atom is 0.440 e. The molecule has 0 radical (unpaired) electrons. The number of hydrogen-bond donors (Lipinski definition) is 0. The standard InChI is InChI=1S/C11H11Cl3N2O2S/c1-8-3-5-9(6-4-8)7-15-16(10(17)18-2)19-11(12,13)14/h3-7H,1-2H3. The summed E-state index contributed by atoms with van der Waals surface area (Å²) in [7, 11) is 1.22. The SMILES string of the molecule is COC(=O)N(N=Cc1ccc(C)cc1)SC(Cl)(Cl)Cl. The average molecular weight is 342 g/mol. The van der Waals surface area contributed by atoms with Crippen molar-refractivity contribution >= 4 is 59.1 Å². The van der Waals surface area contributed by atoms with Crippen LogP contribution in [-0.4, -0.2) is 27.0 Å². The number of rotatable bonds is 3. The van der Waals surface area contributed by atoms with Crippen molar-refractivity contribution in [3.8, 4) is 0 Å². The molecule has 0 aliphatic carbocycles. The minimum atomic E-state index is -1.71. The number of carbonyl (C=O) groups excluding carboxylic acids is 1. The highest BCUT2D eigenvalue weighted by Crippen LogP contribution is 2.41. The molecule has 0 N–H and O–H groups in total. The van der Waals surface area contributed by atoms with Crippen molar-refractivity contribution in [2.24, 2.45) is 5.10 Å². The number of carbonyl (C=O) groups is 1. The highest BCUT2D eigenvalue weighted by atomic mass is 35.6. The Bertz CT molecular complexity index is 460. The summed E-state index contributed by atoms with van der Waals surface area (Å²) >= 11 is 17.4. The summed E-state index contributed by atoms with van der Waals surface area (Å²) in [4.78, 5) is 11.5. The molecule has 8 heteroatoms. The summed E-state index contributed by atoms with van der Waals surface area (Å²) in [6.07, 6.45) is 0.736. The predicted octanol–water partition coefficient (Wildman–Crippen LogP) is 4.37. The molecule has 0 fully saturated rings. The Kier molecular flexibility index (Phi) is 6.26. The monoisotopic (exact) mass is 340 g/mol. The maximum absolute atomic E-state index is 11.5. The van der Waals surface area contributed by atoms with Crippen LogP contribution in [0.3, 0.4) is 0 Å². The number of nitrogens with zero attached hydrogens (tertiary/aromatic N) is 2. The molecule has 0 atom stereocenters. The van der Waals surface area contributed by atoms with Crippen molar-refractivity contribution < 1.29 is 9.53 Å². The Morgan fingerprint density at radius 2 is 1.95 bits per heavy atom. The summed E-state index contributed by atoms with van der Waals surface area (Å²) in [5.41, 5.74) is 1.93. The second-order valence-corrected chi connectivity index (χ2v) is 7.53. The molecule has 0 unspecified atom stereocenters. The van der Waals surface area contributed by atoms with E-state index >= 15 is 0 Å². The molecule has 1 aromatic carbocycles. The van der Waals surface area contributed by atoms with Crippen molar-refractivity contribution in [2.45, 2.75) is 10.0 Å². The van der Waals surface area contributed by atoms with Gasteiger partial charge in [0.1, 0.15) is 0 Å². The Balaban J connectivity index is 2.82. The minimum Gasteiger partial charge on any atom is -0.451 e. The van der Waals surface area contributed by atoms with Gasteiger partial charge in [0, 0.05) is 11.9 Å². The third-order valence-electron chi connectivity index (χ3n) is 1.91. The zero-order valence-electron chi connectivity index (χ0n) is 10.1. The van der Waals surface area contributed by atoms with E-state index in [0.29, 0.717) is 11.9 Å². The highest BCUT2D eigenvalue weighted by molar-refractivity contribution is 8.03. The van der Waals surface area contributed by atoms with E-state index in [9.17, 15) is 4.79 Å². The number of methoxy groups -OCH3 is 1. The van der Waals surface area contributed by atoms with E-state index in [1.165, 1.54) is 13.3 Å². The summed E-state index contributed by atoms with van der Waals surface area (Å²) in [5.74, 6) is 0. The van der Waals surface area contributed by atoms with Gasteiger partial charge in [-0.15, -0.1) is 4.41 Å². The smallest absolute Gasteiger partial charge is 0.440 e. The minimum absolute atomic E-state index is 0.614. The fourth-order valence-electron chi connectivity index (χ4n) is 1.06. The molecule has 0 aromatic heterocycles. The van der Waals surface area contributed by atoms with E-state index in [4.69, 9.17) is 34.8 Å². The second kappa shape index (κ2) is 7.24. The van der Waals surface area contributed by atoms with Gasteiger partial charge in [-0.1, -0.05) is 64.6 Å². The second-order valence-electron chi connectivity index (χ2n) is 3.44. The van der Waals surface area contributed by atoms with Crippen LogP contribution in [0.5, 0.6) is 0 Å². The normalized spacial score (nSPS) is 11.6. The average Bonchev–Trinajstić information content (AvgIpc) is 2.34. The van der Waals surface area contributed by atoms with Gasteiger partial charge >= 0.3 is 6.09 Å². The van der Waals surface area contributed by atoms with Gasteiger partial charge in [0.15, 0.2) is 0 Å². The van der Waals surface area contributed by atoms with Crippen molar-refractivity contribution in [2.75, 3.05) is 7.11 Å². The van der Waals surface area contributed by atoms with Gasteiger partial charge in [0.25, 0.3) is 3.12 Å². The van der Waals surface area contributed by atoms with Gasteiger partial charge in [-0.05, 0) is 12.5 Å². The van der Waals surface area contributed by atoms with Gasteiger partial charge in [-0.3, -0.25) is 0 Å². The first-order valence-electron chi connectivity index (χ1n) is 5.06. The molecule has 1 aromatic rings. The number of hydrazone groups is 1. The van der Waals surface area contributed by atoms with Crippen molar-refractivity contribution in [3.05, 3.63) is 35.4 Å². The Labute approximate surface area is 130 Å². The van der Waals surface area contributed by atoms with Crippen LogP contribution >= 0.6 is 46.8 Å². The van der Waals surface area contributed by atoms with Crippen LogP contribution in [0.15, 0.2) is 29.4 Å². The molecule has 0 saturated carbocycles. The fourth-order valence-corrected chi connectivity index (χ4v) is 2.08. The Morgan fingerprint density at radius 3 is 2.42 bits per heavy atom. The molecule has 1 rings (SSSR count). The van der Waals surface area contributed by atoms with Crippen molar-refractivity contribution in [3.63, 3.8) is 0 Å². The number of hydrogen-bond acceptors (Lipinski definition) is 4. The van der Waals surface area contributed by atoms with Gasteiger partial charge in [-0.2, -0.15) is 5.10 Å². The van der Waals surface area contributed by atoms with E-state index in [-0.39, 0.29) is 0 Å². The molecule has 0 bridgehead atoms. The molecule has 4 nitrogen and oxygen atoms in total. The third kappa shape index (κ3) is 6.38. The lowest BCUT2D eigenvalue weighted by Gasteiger charge is -2.18. The zero-order chi connectivity index (χ0) is 14.5. The third-order valence-corrected chi connectivity index (χ3v) is 3.15. The largest absolute Gasteiger partial charge is 0.451 e. The van der Waals surface area contributed by atoms with Crippen LogP contribution in [0.1, 0.15) is 11.1 Å². The molecule has 0 aliphatic heterocycles. The molecule has 0 saturated heterocycles. The number of alkyl halides is 3. The molecule has 0 spiro atoms. The number of benzene rings is 1. The van der Waals surface area contributed by atoms with Crippen molar-refractivity contribution in [1.82, 2.24) is 4.41 Å². The van der Waals surface area contributed by atoms with Crippen LogP contribution in [0, 0.1) is 6.92 Å². The first kappa shape index (κ1) is 16.4. The van der Waals surface area contributed by atoms with Gasteiger partial charge < -0.3 is 4.74 Å². The summed E-state index contributed by atoms with van der Waals surface area (Å²) < 4.78 is 3.70. The van der Waals surface area contributed by atoms with Gasteiger partial charge in [-0.25, -0.2) is 4.79 Å². The number of amides is 1. The summed E-state index contributed by atoms with van der Waals surface area (Å²) in [5, 5.41) is 3.92. The quantitative estimate of drug-likeness (QED) is 0.355. The Morgan fingerprint density at radius 1 is 1.37 bits per heavy atom. The predicted molar refractivity (Wildman–Crippen MR) is 80.9 cm³/mol. The number of halogens is 3. The molecule has 104 valence electrons. The van der Waals surface area contributed by atoms with Crippen LogP contribution < -0.4 is 0 Å². The van der Waals surface area contributed by atoms with Crippen LogP contribution in [0.25, 0.3) is 0 Å². The maximum atomic E-state index is 11.5. The fraction of sp³-hybridized carbons (Fsp3) is 0.273. The van der Waals surface area contributed by atoms with Crippen LogP contribution in [0.2, 0.25) is 0 Å². The lowest BCUT2D eigenvalue weighted by Crippen LogP contribution is -2.22. The van der Waals surface area contributed by atoms with E-state index in [0.717, 1.165) is 15.5 Å². The van der Waals surface area contributed by atoms with E-state index in [1.54, 1.807) is 0 Å². The Hall–Kier alpha value is -0.620. The number of ether oxygens (including phenoxy) is 1. The van der Waals surface area contributed by atoms with Crippen LogP contribution in [0.4, 0.5) is 4.79 Å². The molecule has 19 heavy (non-hydrogen) atoms. The lowest BCUT2D eigenvalue weighted by molar-refractivity contribution is 0.153. The van der Waals surface area contributed by atoms with Gasteiger partial charge in [0.05, 0.1) is 13.3 Å². The molecule has 0 aliphatic rings. The first-order chi connectivity index (χ1) is 8.81. The lowest BCUT2D eigenvalue weighted by atomic mass is 10.2. The molecular formula is C11H11Cl3N2O2S. The number of aryl methyl sites for hydroxylation is 1. The van der Waals surface area contributed by atoms with Crippen LogP contribution in [-0.2, 0) is 4.74 Å². The molecule has 0 heterocycles. The van der Waals surface area contributed by atoms with E-state index in [2.05, 4.69) is 9.84 Å². The van der Waals surface area contributed by atoms with E-state index in [1.807, 2.05) is 31.2 Å². The molecular weight excluding hydrogens is 331 g/mol. The van der Waals surface area contributed by atoms with Crippen molar-refractivity contribution in [1.29, 1.82) is 0 Å². The zero-order valence-corrected chi connectivity index (χ0v) is 13.2. The summed E-state index contributed by atoms with van der Waals surface area (Å²) in [6, 6.07) is 7.56.